The fourth-order valence-corrected chi connectivity index (χ4v) is 3.86. The van der Waals surface area contributed by atoms with Gasteiger partial charge in [-0.15, -0.1) is 0 Å². The van der Waals surface area contributed by atoms with Crippen molar-refractivity contribution in [3.05, 3.63) is 83.9 Å². The Kier molecular flexibility index (Phi) is 8.04. The SMILES string of the molecule is CCOC(=O)c1ccnc(Sc2cccc(N3C=CC=CC(C(=O)OC)=C3C(=O)OC)c2)c1. The molecule has 9 heteroatoms. The van der Waals surface area contributed by atoms with Gasteiger partial charge in [0.25, 0.3) is 0 Å². The molecule has 0 radical (unpaired) electrons. The molecule has 0 bridgehead atoms. The molecule has 8 nitrogen and oxygen atoms in total. The zero-order valence-electron chi connectivity index (χ0n) is 18.3. The summed E-state index contributed by atoms with van der Waals surface area (Å²) in [6.07, 6.45) is 8.03. The maximum absolute atomic E-state index is 12.6. The van der Waals surface area contributed by atoms with Crippen LogP contribution in [0, 0.1) is 0 Å². The molecule has 1 aromatic carbocycles. The van der Waals surface area contributed by atoms with Crippen LogP contribution in [0.25, 0.3) is 0 Å². The van der Waals surface area contributed by atoms with E-state index in [1.165, 1.54) is 32.1 Å². The third-order valence-corrected chi connectivity index (χ3v) is 5.38. The molecule has 33 heavy (non-hydrogen) atoms. The molecular formula is C24H22N2O6S. The van der Waals surface area contributed by atoms with E-state index in [1.807, 2.05) is 18.2 Å². The molecule has 0 unspecified atom stereocenters. The average molecular weight is 467 g/mol. The highest BCUT2D eigenvalue weighted by molar-refractivity contribution is 7.99. The van der Waals surface area contributed by atoms with Crippen molar-refractivity contribution in [2.24, 2.45) is 0 Å². The summed E-state index contributed by atoms with van der Waals surface area (Å²) in [5.74, 6) is -1.76. The highest BCUT2D eigenvalue weighted by Crippen LogP contribution is 2.32. The fraction of sp³-hybridized carbons (Fsp3) is 0.167. The molecule has 0 atom stereocenters. The summed E-state index contributed by atoms with van der Waals surface area (Å²) in [4.78, 5) is 43.6. The molecular weight excluding hydrogens is 444 g/mol. The number of allylic oxidation sites excluding steroid dienone is 2. The number of methoxy groups -OCH3 is 2. The summed E-state index contributed by atoms with van der Waals surface area (Å²) in [5, 5.41) is 0.602. The Morgan fingerprint density at radius 3 is 2.52 bits per heavy atom. The van der Waals surface area contributed by atoms with Gasteiger partial charge < -0.3 is 19.1 Å². The fourth-order valence-electron chi connectivity index (χ4n) is 2.99. The maximum atomic E-state index is 12.6. The number of nitrogens with zero attached hydrogens (tertiary/aromatic N) is 2. The average Bonchev–Trinajstić information content (AvgIpc) is 3.06. The molecule has 3 rings (SSSR count). The Morgan fingerprint density at radius 1 is 1.00 bits per heavy atom. The van der Waals surface area contributed by atoms with Crippen LogP contribution in [0.5, 0.6) is 0 Å². The summed E-state index contributed by atoms with van der Waals surface area (Å²) in [6, 6.07) is 10.5. The number of pyridine rings is 1. The molecule has 0 fully saturated rings. The van der Waals surface area contributed by atoms with Gasteiger partial charge in [0.1, 0.15) is 10.7 Å². The first kappa shape index (κ1) is 23.8. The van der Waals surface area contributed by atoms with Gasteiger partial charge in [0.15, 0.2) is 0 Å². The quantitative estimate of drug-likeness (QED) is 0.445. The standard InChI is InChI=1S/C24H22N2O6S/c1-4-32-22(27)16-11-12-25-20(14-16)33-18-9-7-8-17(15-18)26-13-6-5-10-19(23(28)30-2)21(26)24(29)31-3/h5-15H,4H2,1-3H3. The van der Waals surface area contributed by atoms with E-state index < -0.39 is 17.9 Å². The van der Waals surface area contributed by atoms with Gasteiger partial charge >= 0.3 is 17.9 Å². The lowest BCUT2D eigenvalue weighted by atomic mass is 10.1. The van der Waals surface area contributed by atoms with E-state index in [0.717, 1.165) is 4.90 Å². The molecule has 1 aliphatic heterocycles. The van der Waals surface area contributed by atoms with E-state index in [0.29, 0.717) is 16.3 Å². The van der Waals surface area contributed by atoms with Crippen LogP contribution < -0.4 is 4.90 Å². The van der Waals surface area contributed by atoms with Gasteiger partial charge in [-0.25, -0.2) is 19.4 Å². The first-order valence-corrected chi connectivity index (χ1v) is 10.8. The number of esters is 3. The zero-order valence-corrected chi connectivity index (χ0v) is 19.1. The van der Waals surface area contributed by atoms with E-state index in [9.17, 15) is 14.4 Å². The summed E-state index contributed by atoms with van der Waals surface area (Å²) in [6.45, 7) is 2.03. The molecule has 2 heterocycles. The Bertz CT molecular complexity index is 1160. The van der Waals surface area contributed by atoms with Crippen LogP contribution in [0.4, 0.5) is 5.69 Å². The van der Waals surface area contributed by atoms with Crippen LogP contribution in [0.2, 0.25) is 0 Å². The van der Waals surface area contributed by atoms with Gasteiger partial charge in [-0.2, -0.15) is 0 Å². The van der Waals surface area contributed by atoms with Gasteiger partial charge in [0.05, 0.1) is 32.0 Å². The van der Waals surface area contributed by atoms with Crippen LogP contribution in [0.15, 0.2) is 88.2 Å². The zero-order chi connectivity index (χ0) is 23.8. The first-order valence-electron chi connectivity index (χ1n) is 9.94. The number of carbonyl (C=O) groups excluding carboxylic acids is 3. The summed E-state index contributed by atoms with van der Waals surface area (Å²) >= 11 is 1.34. The lowest BCUT2D eigenvalue weighted by Crippen LogP contribution is -2.26. The smallest absolute Gasteiger partial charge is 0.355 e. The molecule has 0 aliphatic carbocycles. The predicted molar refractivity (Wildman–Crippen MR) is 123 cm³/mol. The van der Waals surface area contributed by atoms with E-state index in [2.05, 4.69) is 4.98 Å². The number of aromatic nitrogens is 1. The third kappa shape index (κ3) is 5.69. The monoisotopic (exact) mass is 466 g/mol. The van der Waals surface area contributed by atoms with Crippen LogP contribution in [0.1, 0.15) is 17.3 Å². The van der Waals surface area contributed by atoms with Crippen molar-refractivity contribution in [2.45, 2.75) is 16.8 Å². The Morgan fingerprint density at radius 2 is 1.79 bits per heavy atom. The Balaban J connectivity index is 1.97. The highest BCUT2D eigenvalue weighted by atomic mass is 32.2. The number of carbonyl (C=O) groups is 3. The minimum atomic E-state index is -0.687. The van der Waals surface area contributed by atoms with Gasteiger partial charge in [-0.1, -0.05) is 23.9 Å². The molecule has 0 saturated carbocycles. The van der Waals surface area contributed by atoms with Gasteiger partial charge in [0, 0.05) is 23.0 Å². The normalized spacial score (nSPS) is 12.9. The van der Waals surface area contributed by atoms with Gasteiger partial charge in [-0.3, -0.25) is 0 Å². The Labute approximate surface area is 195 Å². The van der Waals surface area contributed by atoms with Gasteiger partial charge in [0.2, 0.25) is 0 Å². The molecule has 0 amide bonds. The summed E-state index contributed by atoms with van der Waals surface area (Å²) in [5.41, 5.74) is 1.11. The molecule has 0 spiro atoms. The Hall–Kier alpha value is -3.85. The molecule has 170 valence electrons. The largest absolute Gasteiger partial charge is 0.465 e. The number of benzene rings is 1. The minimum absolute atomic E-state index is 0.0268. The van der Waals surface area contributed by atoms with Gasteiger partial charge in [-0.05, 0) is 49.4 Å². The predicted octanol–water partition coefficient (Wildman–Crippen LogP) is 3.90. The van der Waals surface area contributed by atoms with E-state index in [-0.39, 0.29) is 17.9 Å². The first-order chi connectivity index (χ1) is 16.0. The van der Waals surface area contributed by atoms with Crippen LogP contribution >= 0.6 is 11.8 Å². The maximum Gasteiger partial charge on any atom is 0.355 e. The summed E-state index contributed by atoms with van der Waals surface area (Å²) < 4.78 is 14.8. The number of hydrogen-bond acceptors (Lipinski definition) is 9. The van der Waals surface area contributed by atoms with E-state index in [1.54, 1.807) is 54.6 Å². The molecule has 1 aliphatic rings. The van der Waals surface area contributed by atoms with E-state index >= 15 is 0 Å². The number of anilines is 1. The van der Waals surface area contributed by atoms with Crippen molar-refractivity contribution in [1.82, 2.24) is 4.98 Å². The van der Waals surface area contributed by atoms with Crippen molar-refractivity contribution in [2.75, 3.05) is 25.7 Å². The van der Waals surface area contributed by atoms with Crippen molar-refractivity contribution in [3.8, 4) is 0 Å². The summed E-state index contributed by atoms with van der Waals surface area (Å²) in [7, 11) is 2.49. The van der Waals surface area contributed by atoms with Crippen molar-refractivity contribution in [3.63, 3.8) is 0 Å². The lowest BCUT2D eigenvalue weighted by molar-refractivity contribution is -0.139. The highest BCUT2D eigenvalue weighted by Gasteiger charge is 2.27. The van der Waals surface area contributed by atoms with E-state index in [4.69, 9.17) is 14.2 Å². The third-order valence-electron chi connectivity index (χ3n) is 4.45. The van der Waals surface area contributed by atoms with Crippen LogP contribution in [-0.4, -0.2) is 43.7 Å². The minimum Gasteiger partial charge on any atom is -0.465 e. The number of hydrogen-bond donors (Lipinski definition) is 0. The van der Waals surface area contributed by atoms with Crippen molar-refractivity contribution in [1.29, 1.82) is 0 Å². The molecule has 0 N–H and O–H groups in total. The second-order valence-corrected chi connectivity index (χ2v) is 7.61. The molecule has 1 aromatic heterocycles. The van der Waals surface area contributed by atoms with Crippen molar-refractivity contribution >= 4 is 35.4 Å². The second-order valence-electron chi connectivity index (χ2n) is 6.52. The second kappa shape index (κ2) is 11.1. The van der Waals surface area contributed by atoms with Crippen molar-refractivity contribution < 1.29 is 28.6 Å². The number of rotatable bonds is 7. The van der Waals surface area contributed by atoms with Crippen LogP contribution in [0.3, 0.4) is 0 Å². The molecule has 0 saturated heterocycles. The lowest BCUT2D eigenvalue weighted by Gasteiger charge is -2.23. The topological polar surface area (TPSA) is 95.0 Å². The van der Waals surface area contributed by atoms with Crippen LogP contribution in [-0.2, 0) is 23.8 Å². The number of ether oxygens (including phenoxy) is 3. The molecule has 2 aromatic rings.